The predicted molar refractivity (Wildman–Crippen MR) is 121 cm³/mol. The van der Waals surface area contributed by atoms with E-state index in [1.807, 2.05) is 18.2 Å². The van der Waals surface area contributed by atoms with Gasteiger partial charge in [0.2, 0.25) is 5.95 Å². The smallest absolute Gasteiger partial charge is 0.221 e. The van der Waals surface area contributed by atoms with E-state index in [9.17, 15) is 0 Å². The molecule has 0 saturated carbocycles. The van der Waals surface area contributed by atoms with Crippen LogP contribution in [0.1, 0.15) is 36.8 Å². The molecule has 5 rings (SSSR count). The molecule has 154 valence electrons. The highest BCUT2D eigenvalue weighted by atomic mass is 16.5. The van der Waals surface area contributed by atoms with Gasteiger partial charge in [0.05, 0.1) is 18.0 Å². The Kier molecular flexibility index (Phi) is 5.37. The van der Waals surface area contributed by atoms with Crippen LogP contribution >= 0.6 is 0 Å². The number of nitrogens with two attached hydrogens (primary N) is 1. The monoisotopic (exact) mass is 400 g/mol. The van der Waals surface area contributed by atoms with E-state index < -0.39 is 0 Å². The number of benzene rings is 2. The van der Waals surface area contributed by atoms with Gasteiger partial charge in [0.1, 0.15) is 5.75 Å². The first kappa shape index (κ1) is 19.1. The number of hydrogen-bond donors (Lipinski definition) is 1. The van der Waals surface area contributed by atoms with Crippen LogP contribution in [0.4, 0.5) is 5.95 Å². The third-order valence-electron chi connectivity index (χ3n) is 6.11. The minimum Gasteiger partial charge on any atom is -0.494 e. The van der Waals surface area contributed by atoms with Gasteiger partial charge >= 0.3 is 0 Å². The standard InChI is InChI=1S/C25H28N4O/c26-25-27-23(18-8-3-1-4-9-18)22-17-19-16-20(10-11-21(19)24(22)28-25)30-15-7-14-29-12-5-2-6-13-29/h1,3-4,8-11,16H,2,5-7,12-15,17H2,(H2,26,27,28). The zero-order valence-corrected chi connectivity index (χ0v) is 17.3. The van der Waals surface area contributed by atoms with Gasteiger partial charge in [-0.1, -0.05) is 36.8 Å². The summed E-state index contributed by atoms with van der Waals surface area (Å²) in [6.07, 6.45) is 5.93. The first-order valence-corrected chi connectivity index (χ1v) is 11.0. The Morgan fingerprint density at radius 3 is 2.57 bits per heavy atom. The summed E-state index contributed by atoms with van der Waals surface area (Å²) in [7, 11) is 0. The minimum atomic E-state index is 0.318. The summed E-state index contributed by atoms with van der Waals surface area (Å²) < 4.78 is 6.07. The fourth-order valence-corrected chi connectivity index (χ4v) is 4.62. The third kappa shape index (κ3) is 3.90. The maximum atomic E-state index is 6.07. The van der Waals surface area contributed by atoms with E-state index in [0.717, 1.165) is 59.8 Å². The van der Waals surface area contributed by atoms with Crippen molar-refractivity contribution >= 4 is 5.95 Å². The zero-order valence-electron chi connectivity index (χ0n) is 17.3. The second kappa shape index (κ2) is 8.44. The van der Waals surface area contributed by atoms with E-state index >= 15 is 0 Å². The Hall–Kier alpha value is -2.92. The van der Waals surface area contributed by atoms with Gasteiger partial charge < -0.3 is 15.4 Å². The summed E-state index contributed by atoms with van der Waals surface area (Å²) in [5.74, 6) is 1.25. The van der Waals surface area contributed by atoms with Gasteiger partial charge in [-0.2, -0.15) is 0 Å². The molecule has 2 aliphatic rings. The van der Waals surface area contributed by atoms with Crippen molar-refractivity contribution < 1.29 is 4.74 Å². The number of rotatable bonds is 6. The number of piperidine rings is 1. The first-order chi connectivity index (χ1) is 14.8. The Morgan fingerprint density at radius 1 is 0.933 bits per heavy atom. The molecule has 1 aromatic heterocycles. The van der Waals surface area contributed by atoms with E-state index in [1.165, 1.54) is 37.9 Å². The van der Waals surface area contributed by atoms with Gasteiger partial charge in [-0.15, -0.1) is 0 Å². The molecule has 5 nitrogen and oxygen atoms in total. The average molecular weight is 401 g/mol. The second-order valence-electron chi connectivity index (χ2n) is 8.22. The lowest BCUT2D eigenvalue weighted by molar-refractivity contribution is 0.205. The molecule has 0 spiro atoms. The Morgan fingerprint density at radius 2 is 1.73 bits per heavy atom. The van der Waals surface area contributed by atoms with Crippen LogP contribution in [0.15, 0.2) is 48.5 Å². The van der Waals surface area contributed by atoms with Crippen molar-refractivity contribution in [2.75, 3.05) is 32.0 Å². The maximum absolute atomic E-state index is 6.07. The number of aromatic nitrogens is 2. The summed E-state index contributed by atoms with van der Waals surface area (Å²) in [6, 6.07) is 16.5. The number of hydrogen-bond acceptors (Lipinski definition) is 5. The summed E-state index contributed by atoms with van der Waals surface area (Å²) in [6.45, 7) is 4.37. The fourth-order valence-electron chi connectivity index (χ4n) is 4.62. The van der Waals surface area contributed by atoms with Crippen LogP contribution in [0.5, 0.6) is 5.75 Å². The molecular formula is C25H28N4O. The summed E-state index contributed by atoms with van der Waals surface area (Å²) in [5.41, 5.74) is 12.5. The minimum absolute atomic E-state index is 0.318. The molecule has 30 heavy (non-hydrogen) atoms. The molecule has 0 amide bonds. The molecule has 1 saturated heterocycles. The number of ether oxygens (including phenoxy) is 1. The number of nitrogen functional groups attached to an aromatic ring is 1. The topological polar surface area (TPSA) is 64.3 Å². The first-order valence-electron chi connectivity index (χ1n) is 11.0. The highest BCUT2D eigenvalue weighted by Crippen LogP contribution is 2.41. The number of nitrogens with zero attached hydrogens (tertiary/aromatic N) is 3. The van der Waals surface area contributed by atoms with Crippen molar-refractivity contribution in [2.45, 2.75) is 32.1 Å². The van der Waals surface area contributed by atoms with Crippen LogP contribution in [0.2, 0.25) is 0 Å². The lowest BCUT2D eigenvalue weighted by Crippen LogP contribution is -2.31. The van der Waals surface area contributed by atoms with E-state index in [1.54, 1.807) is 0 Å². The van der Waals surface area contributed by atoms with E-state index in [-0.39, 0.29) is 0 Å². The van der Waals surface area contributed by atoms with Gasteiger partial charge in [-0.05, 0) is 56.1 Å². The largest absolute Gasteiger partial charge is 0.494 e. The third-order valence-corrected chi connectivity index (χ3v) is 6.11. The number of fused-ring (bicyclic) bond motifs is 3. The highest BCUT2D eigenvalue weighted by molar-refractivity contribution is 5.81. The SMILES string of the molecule is Nc1nc(-c2ccccc2)c2c(n1)-c1ccc(OCCCN3CCCCC3)cc1C2. The molecule has 0 bridgehead atoms. The van der Waals surface area contributed by atoms with Crippen LogP contribution in [0, 0.1) is 0 Å². The van der Waals surface area contributed by atoms with Crippen molar-refractivity contribution in [3.63, 3.8) is 0 Å². The Balaban J connectivity index is 1.30. The Bertz CT molecular complexity index is 1030. The fraction of sp³-hybridized carbons (Fsp3) is 0.360. The Labute approximate surface area is 177 Å². The molecular weight excluding hydrogens is 372 g/mol. The molecule has 1 fully saturated rings. The van der Waals surface area contributed by atoms with Crippen molar-refractivity contribution in [1.82, 2.24) is 14.9 Å². The molecule has 0 radical (unpaired) electrons. The lowest BCUT2D eigenvalue weighted by atomic mass is 10.0. The number of anilines is 1. The average Bonchev–Trinajstić information content (AvgIpc) is 3.15. The summed E-state index contributed by atoms with van der Waals surface area (Å²) >= 11 is 0. The van der Waals surface area contributed by atoms with E-state index in [4.69, 9.17) is 10.5 Å². The normalized spacial score (nSPS) is 15.6. The van der Waals surface area contributed by atoms with Crippen molar-refractivity contribution in [3.05, 3.63) is 59.7 Å². The van der Waals surface area contributed by atoms with Crippen LogP contribution < -0.4 is 10.5 Å². The van der Waals surface area contributed by atoms with Gasteiger partial charge in [0.15, 0.2) is 0 Å². The van der Waals surface area contributed by atoms with Crippen LogP contribution in [0.25, 0.3) is 22.5 Å². The predicted octanol–water partition coefficient (Wildman–Crippen LogP) is 4.55. The number of likely N-dealkylation sites (tertiary alicyclic amines) is 1. The van der Waals surface area contributed by atoms with Crippen LogP contribution in [-0.2, 0) is 6.42 Å². The van der Waals surface area contributed by atoms with Crippen molar-refractivity contribution in [1.29, 1.82) is 0 Å². The van der Waals surface area contributed by atoms with Crippen LogP contribution in [-0.4, -0.2) is 41.1 Å². The van der Waals surface area contributed by atoms with E-state index in [2.05, 4.69) is 45.2 Å². The van der Waals surface area contributed by atoms with Gasteiger partial charge in [-0.25, -0.2) is 9.97 Å². The molecule has 0 unspecified atom stereocenters. The summed E-state index contributed by atoms with van der Waals surface area (Å²) in [4.78, 5) is 11.7. The molecule has 0 atom stereocenters. The zero-order chi connectivity index (χ0) is 20.3. The highest BCUT2D eigenvalue weighted by Gasteiger charge is 2.25. The molecule has 3 aromatic rings. The lowest BCUT2D eigenvalue weighted by Gasteiger charge is -2.26. The summed E-state index contributed by atoms with van der Waals surface area (Å²) in [5, 5.41) is 0. The van der Waals surface area contributed by atoms with Gasteiger partial charge in [0.25, 0.3) is 0 Å². The van der Waals surface area contributed by atoms with Gasteiger partial charge in [0, 0.05) is 29.7 Å². The second-order valence-corrected chi connectivity index (χ2v) is 8.22. The van der Waals surface area contributed by atoms with Crippen molar-refractivity contribution in [3.8, 4) is 28.3 Å². The quantitative estimate of drug-likeness (QED) is 0.481. The van der Waals surface area contributed by atoms with Crippen LogP contribution in [0.3, 0.4) is 0 Å². The molecule has 5 heteroatoms. The van der Waals surface area contributed by atoms with Crippen molar-refractivity contribution in [2.24, 2.45) is 0 Å². The molecule has 2 N–H and O–H groups in total. The molecule has 2 aromatic carbocycles. The molecule has 1 aliphatic heterocycles. The van der Waals surface area contributed by atoms with Gasteiger partial charge in [-0.3, -0.25) is 0 Å². The maximum Gasteiger partial charge on any atom is 0.221 e. The van der Waals surface area contributed by atoms with E-state index in [0.29, 0.717) is 5.95 Å². The molecule has 1 aliphatic carbocycles. The molecule has 2 heterocycles.